The lowest BCUT2D eigenvalue weighted by Gasteiger charge is -2.27. The van der Waals surface area contributed by atoms with Gasteiger partial charge in [-0.05, 0) is 18.1 Å². The zero-order valence-electron chi connectivity index (χ0n) is 10.8. The van der Waals surface area contributed by atoms with Gasteiger partial charge in [-0.15, -0.1) is 0 Å². The first-order valence-corrected chi connectivity index (χ1v) is 7.57. The molecule has 1 aliphatic rings. The van der Waals surface area contributed by atoms with Crippen LogP contribution >= 0.6 is 0 Å². The number of anilines is 2. The number of para-hydroxylation sites is 1. The molecule has 0 saturated heterocycles. The summed E-state index contributed by atoms with van der Waals surface area (Å²) >= 11 is 0. The van der Waals surface area contributed by atoms with Crippen molar-refractivity contribution in [2.45, 2.75) is 20.3 Å². The summed E-state index contributed by atoms with van der Waals surface area (Å²) in [5.41, 5.74) is 8.11. The Labute approximate surface area is 108 Å². The third-order valence-electron chi connectivity index (χ3n) is 3.29. The molecule has 0 saturated carbocycles. The van der Waals surface area contributed by atoms with Crippen molar-refractivity contribution in [1.29, 1.82) is 0 Å². The summed E-state index contributed by atoms with van der Waals surface area (Å²) in [7, 11) is -3.45. The largest absolute Gasteiger partial charge is 0.397 e. The predicted molar refractivity (Wildman–Crippen MR) is 73.7 cm³/mol. The zero-order valence-corrected chi connectivity index (χ0v) is 11.6. The van der Waals surface area contributed by atoms with E-state index in [9.17, 15) is 8.42 Å². The van der Waals surface area contributed by atoms with Crippen molar-refractivity contribution in [1.82, 2.24) is 4.31 Å². The smallest absolute Gasteiger partial charge is 0.304 e. The van der Waals surface area contributed by atoms with Crippen LogP contribution in [0.3, 0.4) is 0 Å². The van der Waals surface area contributed by atoms with Gasteiger partial charge < -0.3 is 5.73 Å². The first-order valence-electron chi connectivity index (χ1n) is 6.17. The van der Waals surface area contributed by atoms with Crippen molar-refractivity contribution in [3.8, 4) is 0 Å². The molecule has 2 rings (SSSR count). The number of benzene rings is 1. The number of nitrogens with zero attached hydrogens (tertiary/aromatic N) is 2. The van der Waals surface area contributed by atoms with Gasteiger partial charge in [0.05, 0.1) is 11.4 Å². The van der Waals surface area contributed by atoms with Crippen LogP contribution in [0.15, 0.2) is 18.2 Å². The zero-order chi connectivity index (χ0) is 13.3. The lowest BCUT2D eigenvalue weighted by molar-refractivity contribution is 0.443. The molecule has 6 heteroatoms. The second-order valence-corrected chi connectivity index (χ2v) is 6.12. The van der Waals surface area contributed by atoms with Gasteiger partial charge in [-0.2, -0.15) is 12.7 Å². The Kier molecular flexibility index (Phi) is 3.49. The van der Waals surface area contributed by atoms with E-state index in [4.69, 9.17) is 5.73 Å². The van der Waals surface area contributed by atoms with Gasteiger partial charge in [0.1, 0.15) is 0 Å². The minimum Gasteiger partial charge on any atom is -0.397 e. The number of fused-ring (bicyclic) bond motifs is 1. The maximum absolute atomic E-state index is 12.5. The van der Waals surface area contributed by atoms with Gasteiger partial charge >= 0.3 is 10.2 Å². The van der Waals surface area contributed by atoms with E-state index in [1.165, 1.54) is 8.61 Å². The molecule has 0 bridgehead atoms. The molecule has 1 aromatic rings. The van der Waals surface area contributed by atoms with Crippen LogP contribution in [-0.4, -0.2) is 32.4 Å². The van der Waals surface area contributed by atoms with E-state index in [0.717, 1.165) is 12.0 Å². The fraction of sp³-hybridized carbons (Fsp3) is 0.500. The Morgan fingerprint density at radius 2 is 2.00 bits per heavy atom. The topological polar surface area (TPSA) is 66.6 Å². The Bertz CT molecular complexity index is 538. The summed E-state index contributed by atoms with van der Waals surface area (Å²) in [6.45, 7) is 5.09. The molecule has 0 unspecified atom stereocenters. The van der Waals surface area contributed by atoms with Crippen molar-refractivity contribution in [2.75, 3.05) is 29.7 Å². The van der Waals surface area contributed by atoms with Crippen LogP contribution in [0.4, 0.5) is 11.4 Å². The van der Waals surface area contributed by atoms with Crippen LogP contribution in [0, 0.1) is 0 Å². The number of hydrogen-bond donors (Lipinski definition) is 1. The van der Waals surface area contributed by atoms with Crippen molar-refractivity contribution in [3.05, 3.63) is 23.8 Å². The molecule has 5 nitrogen and oxygen atoms in total. The summed E-state index contributed by atoms with van der Waals surface area (Å²) in [5, 5.41) is 0. The van der Waals surface area contributed by atoms with Crippen molar-refractivity contribution in [3.63, 3.8) is 0 Å². The molecule has 18 heavy (non-hydrogen) atoms. The van der Waals surface area contributed by atoms with Crippen LogP contribution in [0.1, 0.15) is 19.4 Å². The minimum absolute atomic E-state index is 0.470. The molecular weight excluding hydrogens is 250 g/mol. The normalized spacial score (nSPS) is 15.2. The average molecular weight is 269 g/mol. The van der Waals surface area contributed by atoms with Crippen molar-refractivity contribution in [2.24, 2.45) is 0 Å². The summed E-state index contributed by atoms with van der Waals surface area (Å²) in [4.78, 5) is 0. The highest BCUT2D eigenvalue weighted by atomic mass is 32.2. The number of hydrogen-bond acceptors (Lipinski definition) is 3. The van der Waals surface area contributed by atoms with Crippen molar-refractivity contribution >= 4 is 21.6 Å². The quantitative estimate of drug-likeness (QED) is 0.836. The van der Waals surface area contributed by atoms with E-state index in [1.54, 1.807) is 6.07 Å². The fourth-order valence-corrected chi connectivity index (χ4v) is 4.08. The van der Waals surface area contributed by atoms with Gasteiger partial charge in [0, 0.05) is 19.6 Å². The maximum Gasteiger partial charge on any atom is 0.304 e. The van der Waals surface area contributed by atoms with Crippen LogP contribution in [0.25, 0.3) is 0 Å². The predicted octanol–water partition coefficient (Wildman–Crippen LogP) is 1.22. The molecule has 0 aliphatic carbocycles. The molecule has 0 spiro atoms. The highest BCUT2D eigenvalue weighted by molar-refractivity contribution is 7.90. The highest BCUT2D eigenvalue weighted by Gasteiger charge is 2.34. The van der Waals surface area contributed by atoms with Crippen LogP contribution in [-0.2, 0) is 16.6 Å². The maximum atomic E-state index is 12.5. The lowest BCUT2D eigenvalue weighted by Crippen LogP contribution is -2.43. The van der Waals surface area contributed by atoms with E-state index in [-0.39, 0.29) is 0 Å². The molecule has 0 atom stereocenters. The Morgan fingerprint density at radius 3 is 2.61 bits per heavy atom. The SMILES string of the molecule is CCN(CC)S(=O)(=O)N1CCc2cccc(N)c21. The first kappa shape index (κ1) is 13.2. The fourth-order valence-electron chi connectivity index (χ4n) is 2.37. The van der Waals surface area contributed by atoms with Gasteiger partial charge in [0.2, 0.25) is 0 Å². The van der Waals surface area contributed by atoms with Crippen LogP contribution < -0.4 is 10.0 Å². The van der Waals surface area contributed by atoms with E-state index < -0.39 is 10.2 Å². The third kappa shape index (κ3) is 1.95. The van der Waals surface area contributed by atoms with Gasteiger partial charge in [0.25, 0.3) is 0 Å². The molecule has 0 radical (unpaired) electrons. The number of nitrogen functional groups attached to an aromatic ring is 1. The van der Waals surface area contributed by atoms with Crippen LogP contribution in [0.5, 0.6) is 0 Å². The Morgan fingerprint density at radius 1 is 1.33 bits per heavy atom. The van der Waals surface area contributed by atoms with E-state index >= 15 is 0 Å². The highest BCUT2D eigenvalue weighted by Crippen LogP contribution is 2.36. The molecule has 0 amide bonds. The number of nitrogens with two attached hydrogens (primary N) is 1. The van der Waals surface area contributed by atoms with Crippen molar-refractivity contribution < 1.29 is 8.42 Å². The molecule has 2 N–H and O–H groups in total. The molecule has 100 valence electrons. The molecule has 1 heterocycles. The van der Waals surface area contributed by atoms with Crippen LogP contribution in [0.2, 0.25) is 0 Å². The van der Waals surface area contributed by atoms with E-state index in [2.05, 4.69) is 0 Å². The summed E-state index contributed by atoms with van der Waals surface area (Å²) < 4.78 is 27.9. The number of rotatable bonds is 4. The summed E-state index contributed by atoms with van der Waals surface area (Å²) in [6.07, 6.45) is 0.723. The van der Waals surface area contributed by atoms with Gasteiger partial charge in [-0.1, -0.05) is 26.0 Å². The van der Waals surface area contributed by atoms with Gasteiger partial charge in [-0.25, -0.2) is 0 Å². The van der Waals surface area contributed by atoms with Gasteiger partial charge in [0.15, 0.2) is 0 Å². The molecule has 1 aliphatic heterocycles. The lowest BCUT2D eigenvalue weighted by atomic mass is 10.1. The Hall–Kier alpha value is -1.27. The van der Waals surface area contributed by atoms with E-state index in [1.807, 2.05) is 26.0 Å². The standard InChI is InChI=1S/C12H19N3O2S/c1-3-14(4-2)18(16,17)15-9-8-10-6-5-7-11(13)12(10)15/h5-7H,3-4,8-9,13H2,1-2H3. The Balaban J connectivity index is 2.45. The molecule has 0 aromatic heterocycles. The minimum atomic E-state index is -3.45. The van der Waals surface area contributed by atoms with Gasteiger partial charge in [-0.3, -0.25) is 4.31 Å². The average Bonchev–Trinajstić information content (AvgIpc) is 2.76. The molecule has 1 aromatic carbocycles. The second-order valence-electron chi connectivity index (χ2n) is 4.27. The molecular formula is C12H19N3O2S. The van der Waals surface area contributed by atoms with E-state index in [0.29, 0.717) is 31.0 Å². The third-order valence-corrected chi connectivity index (χ3v) is 5.39. The summed E-state index contributed by atoms with van der Waals surface area (Å²) in [6, 6.07) is 5.54. The second kappa shape index (κ2) is 4.78. The first-order chi connectivity index (χ1) is 8.52. The monoisotopic (exact) mass is 269 g/mol. The molecule has 0 fully saturated rings. The summed E-state index contributed by atoms with van der Waals surface area (Å²) in [5.74, 6) is 0.